The van der Waals surface area contributed by atoms with Crippen LogP contribution in [0.25, 0.3) is 0 Å². The van der Waals surface area contributed by atoms with Crippen molar-refractivity contribution in [3.8, 4) is 11.5 Å². The van der Waals surface area contributed by atoms with Crippen molar-refractivity contribution in [1.82, 2.24) is 20.3 Å². The van der Waals surface area contributed by atoms with Crippen LogP contribution in [-0.4, -0.2) is 34.0 Å². The summed E-state index contributed by atoms with van der Waals surface area (Å²) in [5.41, 5.74) is 9.52. The zero-order valence-electron chi connectivity index (χ0n) is 11.1. The van der Waals surface area contributed by atoms with Gasteiger partial charge in [-0.1, -0.05) is 21.0 Å². The molecule has 20 heavy (non-hydrogen) atoms. The fourth-order valence-corrected chi connectivity index (χ4v) is 2.07. The van der Waals surface area contributed by atoms with Crippen LogP contribution in [0.3, 0.4) is 0 Å². The Labute approximate surface area is 124 Å². The molecule has 3 N–H and O–H groups in total. The number of nitrogens with zero attached hydrogens (tertiary/aromatic N) is 4. The Balaban J connectivity index is 2.18. The molecule has 1 heterocycles. The molecule has 0 aliphatic heterocycles. The van der Waals surface area contributed by atoms with E-state index in [9.17, 15) is 0 Å². The van der Waals surface area contributed by atoms with E-state index >= 15 is 0 Å². The second-order valence-electron chi connectivity index (χ2n) is 3.81. The lowest BCUT2D eigenvalue weighted by molar-refractivity contribution is 0.310. The Hall–Kier alpha value is -2.03. The summed E-state index contributed by atoms with van der Waals surface area (Å²) < 4.78 is 11.7. The molecule has 0 atom stereocenters. The van der Waals surface area contributed by atoms with E-state index < -0.39 is 0 Å². The number of methoxy groups -OCH3 is 1. The van der Waals surface area contributed by atoms with Crippen LogP contribution in [0.2, 0.25) is 0 Å². The van der Waals surface area contributed by atoms with E-state index in [0.717, 1.165) is 10.0 Å². The van der Waals surface area contributed by atoms with Crippen LogP contribution in [0.1, 0.15) is 12.5 Å². The maximum Gasteiger partial charge on any atom is 0.260 e. The zero-order valence-corrected chi connectivity index (χ0v) is 12.7. The van der Waals surface area contributed by atoms with E-state index in [4.69, 9.17) is 15.2 Å². The minimum atomic E-state index is 0.194. The largest absolute Gasteiger partial charge is 0.493 e. The van der Waals surface area contributed by atoms with Crippen LogP contribution in [0.5, 0.6) is 11.5 Å². The van der Waals surface area contributed by atoms with Gasteiger partial charge in [-0.05, 0) is 35.0 Å². The number of halogens is 1. The van der Waals surface area contributed by atoms with Gasteiger partial charge in [-0.25, -0.2) is 0 Å². The van der Waals surface area contributed by atoms with E-state index in [-0.39, 0.29) is 5.95 Å². The number of aromatic nitrogens is 4. The summed E-state index contributed by atoms with van der Waals surface area (Å²) in [4.78, 5) is 1.30. The highest BCUT2D eigenvalue weighted by Crippen LogP contribution is 2.33. The third-order valence-electron chi connectivity index (χ3n) is 2.55. The number of rotatable bonds is 6. The number of benzene rings is 1. The molecular formula is C11H15BrN6O2. The van der Waals surface area contributed by atoms with Gasteiger partial charge in [0.05, 0.1) is 20.3 Å². The molecule has 1 aromatic carbocycles. The maximum absolute atomic E-state index is 5.57. The minimum absolute atomic E-state index is 0.194. The fourth-order valence-electron chi connectivity index (χ4n) is 1.61. The van der Waals surface area contributed by atoms with Crippen molar-refractivity contribution in [2.45, 2.75) is 13.5 Å². The number of hydrogen-bond donors (Lipinski definition) is 2. The van der Waals surface area contributed by atoms with Gasteiger partial charge in [-0.3, -0.25) is 0 Å². The van der Waals surface area contributed by atoms with Crippen LogP contribution in [0, 0.1) is 0 Å². The van der Waals surface area contributed by atoms with Gasteiger partial charge in [0.2, 0.25) is 0 Å². The highest BCUT2D eigenvalue weighted by atomic mass is 79.9. The summed E-state index contributed by atoms with van der Waals surface area (Å²) in [6.45, 7) is 2.95. The Bertz CT molecular complexity index is 588. The maximum atomic E-state index is 5.57. The zero-order chi connectivity index (χ0) is 14.5. The van der Waals surface area contributed by atoms with E-state index in [0.29, 0.717) is 24.7 Å². The lowest BCUT2D eigenvalue weighted by Crippen LogP contribution is -2.18. The summed E-state index contributed by atoms with van der Waals surface area (Å²) >= 11 is 3.49. The summed E-state index contributed by atoms with van der Waals surface area (Å²) in [6.07, 6.45) is 0. The number of nitrogens with one attached hydrogen (secondary N) is 1. The van der Waals surface area contributed by atoms with Gasteiger partial charge in [0, 0.05) is 4.47 Å². The first kappa shape index (κ1) is 14.4. The molecule has 0 saturated carbocycles. The highest BCUT2D eigenvalue weighted by molar-refractivity contribution is 9.10. The number of nitrogens with two attached hydrogens (primary N) is 1. The summed E-state index contributed by atoms with van der Waals surface area (Å²) in [7, 11) is 1.60. The second-order valence-corrected chi connectivity index (χ2v) is 4.67. The second kappa shape index (κ2) is 6.42. The first-order valence-corrected chi connectivity index (χ1v) is 6.72. The summed E-state index contributed by atoms with van der Waals surface area (Å²) in [6, 6.07) is 3.74. The average Bonchev–Trinajstić information content (AvgIpc) is 2.84. The minimum Gasteiger partial charge on any atom is -0.493 e. The average molecular weight is 343 g/mol. The number of tetrazole rings is 1. The summed E-state index contributed by atoms with van der Waals surface area (Å²) in [5, 5.41) is 10.7. The molecule has 8 nitrogen and oxygen atoms in total. The van der Waals surface area contributed by atoms with E-state index in [1.807, 2.05) is 19.1 Å². The van der Waals surface area contributed by atoms with Crippen LogP contribution < -0.4 is 20.6 Å². The van der Waals surface area contributed by atoms with Crippen molar-refractivity contribution in [1.29, 1.82) is 0 Å². The van der Waals surface area contributed by atoms with Crippen molar-refractivity contribution >= 4 is 21.9 Å². The quantitative estimate of drug-likeness (QED) is 0.812. The van der Waals surface area contributed by atoms with Crippen LogP contribution in [0.15, 0.2) is 16.6 Å². The van der Waals surface area contributed by atoms with Crippen molar-refractivity contribution in [2.24, 2.45) is 0 Å². The normalized spacial score (nSPS) is 10.3. The Morgan fingerprint density at radius 2 is 2.20 bits per heavy atom. The van der Waals surface area contributed by atoms with Gasteiger partial charge in [0.25, 0.3) is 5.95 Å². The van der Waals surface area contributed by atoms with Crippen molar-refractivity contribution in [3.63, 3.8) is 0 Å². The van der Waals surface area contributed by atoms with Gasteiger partial charge < -0.3 is 20.6 Å². The Kier molecular flexibility index (Phi) is 4.61. The highest BCUT2D eigenvalue weighted by Gasteiger charge is 2.10. The smallest absolute Gasteiger partial charge is 0.260 e. The van der Waals surface area contributed by atoms with Crippen LogP contribution >= 0.6 is 15.9 Å². The molecular weight excluding hydrogens is 328 g/mol. The lowest BCUT2D eigenvalue weighted by atomic mass is 10.2. The topological polar surface area (TPSA) is 100 Å². The van der Waals surface area contributed by atoms with Crippen LogP contribution in [-0.2, 0) is 6.54 Å². The van der Waals surface area contributed by atoms with Gasteiger partial charge >= 0.3 is 0 Å². The van der Waals surface area contributed by atoms with E-state index in [1.165, 1.54) is 4.79 Å². The van der Waals surface area contributed by atoms with Crippen LogP contribution in [0.4, 0.5) is 5.95 Å². The lowest BCUT2D eigenvalue weighted by Gasteiger charge is -2.13. The molecule has 0 spiro atoms. The number of ether oxygens (including phenoxy) is 2. The van der Waals surface area contributed by atoms with Crippen molar-refractivity contribution < 1.29 is 9.47 Å². The standard InChI is InChI=1S/C11H15BrN6O2/c1-3-20-10-4-7(8(12)5-9(10)19-2)6-14-18-11(13)15-16-17-18/h4-5,14H,3,6H2,1-2H3,(H2,13,15,17). The number of hydrogen-bond acceptors (Lipinski definition) is 7. The molecule has 0 aliphatic carbocycles. The monoisotopic (exact) mass is 342 g/mol. The molecule has 0 unspecified atom stereocenters. The molecule has 0 bridgehead atoms. The van der Waals surface area contributed by atoms with Gasteiger partial charge in [0.15, 0.2) is 11.5 Å². The molecule has 0 radical (unpaired) electrons. The predicted octanol–water partition coefficient (Wildman–Crippen LogP) is 1.17. The van der Waals surface area contributed by atoms with Crippen molar-refractivity contribution in [2.75, 3.05) is 24.9 Å². The third-order valence-corrected chi connectivity index (χ3v) is 3.28. The van der Waals surface area contributed by atoms with Gasteiger partial charge in [0.1, 0.15) is 0 Å². The first-order chi connectivity index (χ1) is 9.65. The number of anilines is 1. The molecule has 0 amide bonds. The van der Waals surface area contributed by atoms with Gasteiger partial charge in [-0.15, -0.1) is 4.79 Å². The van der Waals surface area contributed by atoms with Crippen molar-refractivity contribution in [3.05, 3.63) is 22.2 Å². The van der Waals surface area contributed by atoms with Gasteiger partial charge in [-0.2, -0.15) is 0 Å². The van der Waals surface area contributed by atoms with E-state index in [1.54, 1.807) is 7.11 Å². The third kappa shape index (κ3) is 3.10. The Morgan fingerprint density at radius 1 is 1.40 bits per heavy atom. The number of nitrogen functional groups attached to an aromatic ring is 1. The molecule has 9 heteroatoms. The fraction of sp³-hybridized carbons (Fsp3) is 0.364. The molecule has 2 aromatic rings. The molecule has 0 aliphatic rings. The molecule has 1 aromatic heterocycles. The molecule has 0 fully saturated rings. The first-order valence-electron chi connectivity index (χ1n) is 5.92. The van der Waals surface area contributed by atoms with E-state index in [2.05, 4.69) is 36.9 Å². The molecule has 0 saturated heterocycles. The molecule has 2 rings (SSSR count). The SMILES string of the molecule is CCOc1cc(CNn2nnnc2N)c(Br)cc1OC. The predicted molar refractivity (Wildman–Crippen MR) is 77.2 cm³/mol. The summed E-state index contributed by atoms with van der Waals surface area (Å²) in [5.74, 6) is 1.55. The molecule has 108 valence electrons. The Morgan fingerprint density at radius 3 is 2.80 bits per heavy atom.